The van der Waals surface area contributed by atoms with Crippen molar-refractivity contribution < 1.29 is 4.74 Å². The van der Waals surface area contributed by atoms with Gasteiger partial charge in [0.1, 0.15) is 0 Å². The van der Waals surface area contributed by atoms with Gasteiger partial charge in [-0.3, -0.25) is 0 Å². The first-order valence-corrected chi connectivity index (χ1v) is 7.15. The maximum atomic E-state index is 5.63. The fourth-order valence-electron chi connectivity index (χ4n) is 2.56. The van der Waals surface area contributed by atoms with E-state index in [0.29, 0.717) is 0 Å². The molecule has 0 atom stereocenters. The Morgan fingerprint density at radius 3 is 2.44 bits per heavy atom. The van der Waals surface area contributed by atoms with E-state index in [9.17, 15) is 0 Å². The molecule has 2 aliphatic carbocycles. The van der Waals surface area contributed by atoms with Crippen LogP contribution in [0.3, 0.4) is 0 Å². The van der Waals surface area contributed by atoms with Crippen LogP contribution in [0.25, 0.3) is 0 Å². The third-order valence-corrected chi connectivity index (χ3v) is 4.06. The van der Waals surface area contributed by atoms with Gasteiger partial charge in [0, 0.05) is 19.2 Å². The highest BCUT2D eigenvalue weighted by Gasteiger charge is 2.20. The fraction of sp³-hybridized carbons (Fsp3) is 1.00. The summed E-state index contributed by atoms with van der Waals surface area (Å²) in [5.74, 6) is 1.96. The molecule has 2 saturated carbocycles. The quantitative estimate of drug-likeness (QED) is 0.673. The van der Waals surface area contributed by atoms with Crippen molar-refractivity contribution in [1.29, 1.82) is 0 Å². The van der Waals surface area contributed by atoms with Gasteiger partial charge in [-0.25, -0.2) is 0 Å². The van der Waals surface area contributed by atoms with E-state index < -0.39 is 0 Å². The minimum Gasteiger partial charge on any atom is -0.380 e. The van der Waals surface area contributed by atoms with Crippen LogP contribution in [0.1, 0.15) is 51.9 Å². The van der Waals surface area contributed by atoms with E-state index in [1.165, 1.54) is 44.9 Å². The van der Waals surface area contributed by atoms with E-state index in [4.69, 9.17) is 4.74 Å². The van der Waals surface area contributed by atoms with Crippen LogP contribution in [0.4, 0.5) is 0 Å². The third kappa shape index (κ3) is 4.84. The molecule has 0 radical (unpaired) electrons. The Hall–Kier alpha value is -0.0800. The van der Waals surface area contributed by atoms with Gasteiger partial charge < -0.3 is 10.1 Å². The molecule has 2 rings (SSSR count). The molecule has 2 fully saturated rings. The van der Waals surface area contributed by atoms with Crippen molar-refractivity contribution in [3.63, 3.8) is 0 Å². The Balaban J connectivity index is 1.39. The van der Waals surface area contributed by atoms with Gasteiger partial charge >= 0.3 is 0 Å². The van der Waals surface area contributed by atoms with Crippen LogP contribution in [0.5, 0.6) is 0 Å². The fourth-order valence-corrected chi connectivity index (χ4v) is 2.56. The molecule has 94 valence electrons. The molecule has 0 aromatic carbocycles. The molecule has 0 aromatic rings. The smallest absolute Gasteiger partial charge is 0.0591 e. The Bertz CT molecular complexity index is 183. The van der Waals surface area contributed by atoms with Crippen LogP contribution < -0.4 is 5.32 Å². The Kier molecular flexibility index (Phi) is 5.11. The molecule has 16 heavy (non-hydrogen) atoms. The zero-order chi connectivity index (χ0) is 11.2. The Labute approximate surface area is 100 Å². The lowest BCUT2D eigenvalue weighted by Crippen LogP contribution is -2.35. The minimum atomic E-state index is 0.767. The summed E-state index contributed by atoms with van der Waals surface area (Å²) < 4.78 is 5.63. The summed E-state index contributed by atoms with van der Waals surface area (Å²) in [5, 5.41) is 3.62. The lowest BCUT2D eigenvalue weighted by atomic mass is 9.87. The summed E-state index contributed by atoms with van der Waals surface area (Å²) in [6.07, 6.45) is 9.72. The number of nitrogens with one attached hydrogen (secondary N) is 1. The first-order valence-electron chi connectivity index (χ1n) is 7.15. The first kappa shape index (κ1) is 12.4. The highest BCUT2D eigenvalue weighted by atomic mass is 16.5. The SMILES string of the molecule is CC1CCC(NCCOCCC2CC2)CC1. The monoisotopic (exact) mass is 225 g/mol. The molecule has 0 amide bonds. The van der Waals surface area contributed by atoms with Crippen LogP contribution in [-0.2, 0) is 4.74 Å². The number of ether oxygens (including phenoxy) is 1. The molecular weight excluding hydrogens is 198 g/mol. The molecule has 0 heterocycles. The van der Waals surface area contributed by atoms with Crippen LogP contribution in [-0.4, -0.2) is 25.8 Å². The van der Waals surface area contributed by atoms with Gasteiger partial charge in [-0.05, 0) is 43.9 Å². The predicted molar refractivity (Wildman–Crippen MR) is 67.6 cm³/mol. The summed E-state index contributed by atoms with van der Waals surface area (Å²) in [4.78, 5) is 0. The summed E-state index contributed by atoms with van der Waals surface area (Å²) in [5.41, 5.74) is 0. The van der Waals surface area contributed by atoms with Crippen molar-refractivity contribution >= 4 is 0 Å². The van der Waals surface area contributed by atoms with Gasteiger partial charge in [-0.1, -0.05) is 19.8 Å². The second-order valence-corrected chi connectivity index (χ2v) is 5.76. The van der Waals surface area contributed by atoms with Gasteiger partial charge in [0.15, 0.2) is 0 Å². The molecule has 2 heteroatoms. The molecule has 2 aliphatic rings. The summed E-state index contributed by atoms with van der Waals surface area (Å²) in [6, 6.07) is 0.767. The van der Waals surface area contributed by atoms with Crippen molar-refractivity contribution in [2.75, 3.05) is 19.8 Å². The summed E-state index contributed by atoms with van der Waals surface area (Å²) >= 11 is 0. The first-order chi connectivity index (χ1) is 7.84. The zero-order valence-electron chi connectivity index (χ0n) is 10.7. The van der Waals surface area contributed by atoms with Crippen molar-refractivity contribution in [2.24, 2.45) is 11.8 Å². The standard InChI is InChI=1S/C14H27NO/c1-12-2-6-14(7-3-12)15-9-11-16-10-8-13-4-5-13/h12-15H,2-11H2,1H3. The topological polar surface area (TPSA) is 21.3 Å². The number of hydrogen-bond acceptors (Lipinski definition) is 2. The average molecular weight is 225 g/mol. The molecule has 2 nitrogen and oxygen atoms in total. The molecule has 0 aliphatic heterocycles. The number of rotatable bonds is 7. The maximum Gasteiger partial charge on any atom is 0.0591 e. The van der Waals surface area contributed by atoms with Gasteiger partial charge in [0.2, 0.25) is 0 Å². The predicted octanol–water partition coefficient (Wildman–Crippen LogP) is 2.97. The Morgan fingerprint density at radius 2 is 1.75 bits per heavy atom. The molecule has 0 unspecified atom stereocenters. The van der Waals surface area contributed by atoms with E-state index in [1.807, 2.05) is 0 Å². The lowest BCUT2D eigenvalue weighted by Gasteiger charge is -2.26. The normalized spacial score (nSPS) is 30.6. The summed E-state index contributed by atoms with van der Waals surface area (Å²) in [7, 11) is 0. The average Bonchev–Trinajstić information content (AvgIpc) is 3.10. The molecule has 0 spiro atoms. The third-order valence-electron chi connectivity index (χ3n) is 4.06. The van der Waals surface area contributed by atoms with E-state index >= 15 is 0 Å². The van der Waals surface area contributed by atoms with Crippen LogP contribution in [0.15, 0.2) is 0 Å². The number of hydrogen-bond donors (Lipinski definition) is 1. The zero-order valence-corrected chi connectivity index (χ0v) is 10.7. The van der Waals surface area contributed by atoms with E-state index in [-0.39, 0.29) is 0 Å². The van der Waals surface area contributed by atoms with Crippen LogP contribution in [0, 0.1) is 11.8 Å². The lowest BCUT2D eigenvalue weighted by molar-refractivity contribution is 0.125. The minimum absolute atomic E-state index is 0.767. The van der Waals surface area contributed by atoms with Gasteiger partial charge in [0.05, 0.1) is 6.61 Å². The molecule has 0 aromatic heterocycles. The van der Waals surface area contributed by atoms with Crippen LogP contribution >= 0.6 is 0 Å². The largest absolute Gasteiger partial charge is 0.380 e. The molecule has 1 N–H and O–H groups in total. The van der Waals surface area contributed by atoms with Gasteiger partial charge in [0.25, 0.3) is 0 Å². The van der Waals surface area contributed by atoms with Gasteiger partial charge in [-0.2, -0.15) is 0 Å². The van der Waals surface area contributed by atoms with Crippen molar-refractivity contribution in [3.05, 3.63) is 0 Å². The second kappa shape index (κ2) is 6.61. The van der Waals surface area contributed by atoms with Gasteiger partial charge in [-0.15, -0.1) is 0 Å². The van der Waals surface area contributed by atoms with Crippen LogP contribution in [0.2, 0.25) is 0 Å². The van der Waals surface area contributed by atoms with Crippen molar-refractivity contribution in [2.45, 2.75) is 57.9 Å². The van der Waals surface area contributed by atoms with E-state index in [0.717, 1.165) is 37.6 Å². The van der Waals surface area contributed by atoms with Crippen molar-refractivity contribution in [3.8, 4) is 0 Å². The maximum absolute atomic E-state index is 5.63. The summed E-state index contributed by atoms with van der Waals surface area (Å²) in [6.45, 7) is 5.30. The second-order valence-electron chi connectivity index (χ2n) is 5.76. The Morgan fingerprint density at radius 1 is 1.00 bits per heavy atom. The molecule has 0 saturated heterocycles. The van der Waals surface area contributed by atoms with Crippen molar-refractivity contribution in [1.82, 2.24) is 5.32 Å². The highest BCUT2D eigenvalue weighted by molar-refractivity contribution is 4.75. The van der Waals surface area contributed by atoms with E-state index in [2.05, 4.69) is 12.2 Å². The highest BCUT2D eigenvalue weighted by Crippen LogP contribution is 2.32. The van der Waals surface area contributed by atoms with E-state index in [1.54, 1.807) is 0 Å². The molecule has 0 bridgehead atoms. The molecular formula is C14H27NO.